The molecule has 0 unspecified atom stereocenters. The van der Waals surface area contributed by atoms with E-state index in [2.05, 4.69) is 10.3 Å². The standard InChI is InChI=1S/C23H29N3O6/c1-2-16(19(27)21-24-17-9-5-6-10-18(17)31-21)25-23(29)32-20(15-7-3-4-8-15)22(28)26-11-13-30-14-12-26/h5-6,9-10,15-16,20H,2-4,7-8,11-14H2,1H3,(H,25,29)/t16-,20-/m0/s1. The molecule has 9 heteroatoms. The number of Topliss-reactive ketones (excluding diaryl/α,β-unsaturated/α-hetero) is 1. The first-order chi connectivity index (χ1) is 15.6. The number of alkyl carbamates (subject to hydrolysis) is 1. The second kappa shape index (κ2) is 10.1. The summed E-state index contributed by atoms with van der Waals surface area (Å²) in [6.07, 6.45) is 2.40. The number of carbonyl (C=O) groups is 3. The highest BCUT2D eigenvalue weighted by atomic mass is 16.6. The van der Waals surface area contributed by atoms with Gasteiger partial charge in [0.2, 0.25) is 5.78 Å². The van der Waals surface area contributed by atoms with Gasteiger partial charge in [-0.15, -0.1) is 0 Å². The zero-order valence-electron chi connectivity index (χ0n) is 18.2. The molecule has 0 bridgehead atoms. The molecular weight excluding hydrogens is 414 g/mol. The first kappa shape index (κ1) is 22.3. The third-order valence-electron chi connectivity index (χ3n) is 6.15. The van der Waals surface area contributed by atoms with Crippen LogP contribution < -0.4 is 5.32 Å². The molecule has 2 fully saturated rings. The van der Waals surface area contributed by atoms with E-state index >= 15 is 0 Å². The van der Waals surface area contributed by atoms with Gasteiger partial charge in [0.05, 0.1) is 13.2 Å². The molecule has 2 amide bonds. The van der Waals surface area contributed by atoms with Crippen molar-refractivity contribution in [2.45, 2.75) is 51.2 Å². The minimum absolute atomic E-state index is 0.0103. The minimum Gasteiger partial charge on any atom is -0.436 e. The van der Waals surface area contributed by atoms with Crippen LogP contribution in [0.25, 0.3) is 11.1 Å². The lowest BCUT2D eigenvalue weighted by atomic mass is 9.99. The average Bonchev–Trinajstić information content (AvgIpc) is 3.51. The topological polar surface area (TPSA) is 111 Å². The van der Waals surface area contributed by atoms with Crippen molar-refractivity contribution in [3.63, 3.8) is 0 Å². The van der Waals surface area contributed by atoms with Crippen molar-refractivity contribution in [3.8, 4) is 0 Å². The lowest BCUT2D eigenvalue weighted by Gasteiger charge is -2.32. The van der Waals surface area contributed by atoms with Gasteiger partial charge in [0.1, 0.15) is 11.6 Å². The van der Waals surface area contributed by atoms with Crippen molar-refractivity contribution in [1.82, 2.24) is 15.2 Å². The molecule has 1 N–H and O–H groups in total. The molecule has 0 radical (unpaired) electrons. The molecule has 1 aliphatic carbocycles. The number of amides is 2. The van der Waals surface area contributed by atoms with Gasteiger partial charge in [-0.05, 0) is 31.4 Å². The summed E-state index contributed by atoms with van der Waals surface area (Å²) in [5, 5.41) is 2.61. The van der Waals surface area contributed by atoms with Crippen molar-refractivity contribution in [2.75, 3.05) is 26.3 Å². The second-order valence-corrected chi connectivity index (χ2v) is 8.26. The highest BCUT2D eigenvalue weighted by Crippen LogP contribution is 2.30. The molecule has 2 aromatic rings. The van der Waals surface area contributed by atoms with Gasteiger partial charge in [-0.3, -0.25) is 9.59 Å². The first-order valence-electron chi connectivity index (χ1n) is 11.3. The number of carbonyl (C=O) groups excluding carboxylic acids is 3. The van der Waals surface area contributed by atoms with E-state index in [1.807, 2.05) is 0 Å². The van der Waals surface area contributed by atoms with Crippen LogP contribution >= 0.6 is 0 Å². The van der Waals surface area contributed by atoms with Crippen LogP contribution in [0, 0.1) is 5.92 Å². The Hall–Kier alpha value is -2.94. The Morgan fingerprint density at radius 1 is 1.19 bits per heavy atom. The van der Waals surface area contributed by atoms with E-state index in [0.717, 1.165) is 25.7 Å². The number of benzene rings is 1. The summed E-state index contributed by atoms with van der Waals surface area (Å²) in [6.45, 7) is 3.71. The van der Waals surface area contributed by atoms with Gasteiger partial charge in [0.25, 0.3) is 11.8 Å². The molecule has 32 heavy (non-hydrogen) atoms. The Morgan fingerprint density at radius 2 is 1.91 bits per heavy atom. The number of hydrogen-bond acceptors (Lipinski definition) is 7. The van der Waals surface area contributed by atoms with Crippen LogP contribution in [-0.2, 0) is 14.3 Å². The monoisotopic (exact) mass is 443 g/mol. The summed E-state index contributed by atoms with van der Waals surface area (Å²) in [4.78, 5) is 44.7. The summed E-state index contributed by atoms with van der Waals surface area (Å²) < 4.78 is 16.5. The lowest BCUT2D eigenvalue weighted by molar-refractivity contribution is -0.147. The number of rotatable bonds is 7. The molecule has 1 aromatic carbocycles. The lowest BCUT2D eigenvalue weighted by Crippen LogP contribution is -2.51. The van der Waals surface area contributed by atoms with E-state index in [9.17, 15) is 14.4 Å². The van der Waals surface area contributed by atoms with E-state index in [1.165, 1.54) is 0 Å². The number of morpholine rings is 1. The van der Waals surface area contributed by atoms with Crippen LogP contribution in [0.4, 0.5) is 4.79 Å². The maximum absolute atomic E-state index is 13.1. The Balaban J connectivity index is 1.43. The summed E-state index contributed by atoms with van der Waals surface area (Å²) in [5.74, 6) is -0.690. The highest BCUT2D eigenvalue weighted by molar-refractivity contribution is 5.99. The Kier molecular flexibility index (Phi) is 7.04. The Labute approximate surface area is 186 Å². The van der Waals surface area contributed by atoms with E-state index in [4.69, 9.17) is 13.9 Å². The third-order valence-corrected chi connectivity index (χ3v) is 6.15. The number of ketones is 1. The quantitative estimate of drug-likeness (QED) is 0.655. The minimum atomic E-state index is -0.863. The Morgan fingerprint density at radius 3 is 2.59 bits per heavy atom. The smallest absolute Gasteiger partial charge is 0.408 e. The number of aromatic nitrogens is 1. The number of nitrogens with one attached hydrogen (secondary N) is 1. The van der Waals surface area contributed by atoms with Crippen LogP contribution in [0.15, 0.2) is 28.7 Å². The number of nitrogens with zero attached hydrogens (tertiary/aromatic N) is 2. The zero-order valence-corrected chi connectivity index (χ0v) is 18.2. The van der Waals surface area contributed by atoms with Crippen molar-refractivity contribution in [2.24, 2.45) is 5.92 Å². The first-order valence-corrected chi connectivity index (χ1v) is 11.3. The van der Waals surface area contributed by atoms with Gasteiger partial charge in [-0.25, -0.2) is 9.78 Å². The molecule has 2 aliphatic rings. The highest BCUT2D eigenvalue weighted by Gasteiger charge is 2.38. The van der Waals surface area contributed by atoms with Crippen LogP contribution in [-0.4, -0.2) is 66.1 Å². The van der Waals surface area contributed by atoms with Gasteiger partial charge in [-0.2, -0.15) is 0 Å². The predicted octanol–water partition coefficient (Wildman–Crippen LogP) is 2.93. The maximum atomic E-state index is 13.1. The number of para-hydroxylation sites is 2. The zero-order chi connectivity index (χ0) is 22.5. The molecule has 1 saturated carbocycles. The second-order valence-electron chi connectivity index (χ2n) is 8.26. The molecule has 9 nitrogen and oxygen atoms in total. The van der Waals surface area contributed by atoms with Gasteiger partial charge in [0.15, 0.2) is 11.7 Å². The molecule has 172 valence electrons. The number of ether oxygens (including phenoxy) is 2. The summed E-state index contributed by atoms with van der Waals surface area (Å²) in [6, 6.07) is 6.22. The molecule has 0 spiro atoms. The van der Waals surface area contributed by atoms with Crippen LogP contribution in [0.1, 0.15) is 49.7 Å². The van der Waals surface area contributed by atoms with Gasteiger partial charge in [0, 0.05) is 19.0 Å². The molecule has 1 saturated heterocycles. The fourth-order valence-electron chi connectivity index (χ4n) is 4.34. The largest absolute Gasteiger partial charge is 0.436 e. The summed E-state index contributed by atoms with van der Waals surface area (Å²) in [5.41, 5.74) is 1.08. The van der Waals surface area contributed by atoms with Crippen molar-refractivity contribution in [3.05, 3.63) is 30.2 Å². The van der Waals surface area contributed by atoms with Gasteiger partial charge >= 0.3 is 6.09 Å². The van der Waals surface area contributed by atoms with Crippen molar-refractivity contribution < 1.29 is 28.3 Å². The molecule has 1 aliphatic heterocycles. The van der Waals surface area contributed by atoms with E-state index in [-0.39, 0.29) is 17.7 Å². The van der Waals surface area contributed by atoms with Crippen molar-refractivity contribution >= 4 is 28.9 Å². The number of oxazole rings is 1. The molecule has 2 atom stereocenters. The van der Waals surface area contributed by atoms with Crippen molar-refractivity contribution in [1.29, 1.82) is 0 Å². The number of fused-ring (bicyclic) bond motifs is 1. The predicted molar refractivity (Wildman–Crippen MR) is 115 cm³/mol. The van der Waals surface area contributed by atoms with E-state index in [0.29, 0.717) is 43.8 Å². The van der Waals surface area contributed by atoms with Crippen LogP contribution in [0.2, 0.25) is 0 Å². The normalized spacial score (nSPS) is 19.0. The SMILES string of the molecule is CC[C@H](NC(=O)O[C@H](C(=O)N1CCOCC1)C1CCCC1)C(=O)c1nc2ccccc2o1. The fraction of sp³-hybridized carbons (Fsp3) is 0.565. The molecule has 1 aromatic heterocycles. The summed E-state index contributed by atoms with van der Waals surface area (Å²) in [7, 11) is 0. The maximum Gasteiger partial charge on any atom is 0.408 e. The average molecular weight is 444 g/mol. The van der Waals surface area contributed by atoms with Crippen LogP contribution in [0.3, 0.4) is 0 Å². The third kappa shape index (κ3) is 4.93. The fourth-order valence-corrected chi connectivity index (χ4v) is 4.34. The molecule has 4 rings (SSSR count). The van der Waals surface area contributed by atoms with E-state index in [1.54, 1.807) is 36.1 Å². The van der Waals surface area contributed by atoms with Gasteiger partial charge < -0.3 is 24.1 Å². The number of hydrogen-bond donors (Lipinski definition) is 1. The van der Waals surface area contributed by atoms with Crippen LogP contribution in [0.5, 0.6) is 0 Å². The van der Waals surface area contributed by atoms with Gasteiger partial charge in [-0.1, -0.05) is 31.9 Å². The molecular formula is C23H29N3O6. The summed E-state index contributed by atoms with van der Waals surface area (Å²) >= 11 is 0. The Bertz CT molecular complexity index is 929. The van der Waals surface area contributed by atoms with E-state index < -0.39 is 24.0 Å². The molecule has 2 heterocycles.